The van der Waals surface area contributed by atoms with Crippen LogP contribution < -0.4 is 0 Å². The first-order valence-electron chi connectivity index (χ1n) is 6.35. The maximum absolute atomic E-state index is 5.59. The smallest absolute Gasteiger partial charge is 0.226 e. The van der Waals surface area contributed by atoms with Gasteiger partial charge in [0.2, 0.25) is 5.89 Å². The van der Waals surface area contributed by atoms with Gasteiger partial charge in [-0.25, -0.2) is 4.98 Å². The van der Waals surface area contributed by atoms with Crippen molar-refractivity contribution in [2.75, 3.05) is 0 Å². The van der Waals surface area contributed by atoms with Crippen molar-refractivity contribution in [3.63, 3.8) is 0 Å². The summed E-state index contributed by atoms with van der Waals surface area (Å²) in [5.41, 5.74) is 3.47. The van der Waals surface area contributed by atoms with E-state index >= 15 is 0 Å². The van der Waals surface area contributed by atoms with Gasteiger partial charge in [0.1, 0.15) is 6.26 Å². The quantitative estimate of drug-likeness (QED) is 0.764. The van der Waals surface area contributed by atoms with Crippen LogP contribution in [0.2, 0.25) is 0 Å². The van der Waals surface area contributed by atoms with Crippen LogP contribution in [0.4, 0.5) is 0 Å². The lowest BCUT2D eigenvalue weighted by Crippen LogP contribution is -1.91. The predicted octanol–water partition coefficient (Wildman–Crippen LogP) is 4.31. The second-order valence-electron chi connectivity index (χ2n) is 4.92. The van der Waals surface area contributed by atoms with E-state index in [2.05, 4.69) is 36.2 Å². The maximum Gasteiger partial charge on any atom is 0.226 e. The van der Waals surface area contributed by atoms with Gasteiger partial charge in [0, 0.05) is 11.5 Å². The van der Waals surface area contributed by atoms with Crippen LogP contribution in [0.1, 0.15) is 42.9 Å². The van der Waals surface area contributed by atoms with Crippen LogP contribution in [0, 0.1) is 6.92 Å². The van der Waals surface area contributed by atoms with Crippen molar-refractivity contribution in [3.8, 4) is 11.5 Å². The first-order chi connectivity index (χ1) is 8.33. The molecule has 0 N–H and O–H groups in total. The Morgan fingerprint density at radius 3 is 2.53 bits per heavy atom. The zero-order valence-electron chi connectivity index (χ0n) is 10.1. The Bertz CT molecular complexity index is 492. The fourth-order valence-corrected chi connectivity index (χ4v) is 2.52. The van der Waals surface area contributed by atoms with E-state index in [0.717, 1.165) is 17.1 Å². The van der Waals surface area contributed by atoms with Crippen molar-refractivity contribution in [3.05, 3.63) is 41.8 Å². The summed E-state index contributed by atoms with van der Waals surface area (Å²) >= 11 is 0. The van der Waals surface area contributed by atoms with Crippen LogP contribution in [-0.2, 0) is 0 Å². The van der Waals surface area contributed by atoms with E-state index < -0.39 is 0 Å². The first-order valence-corrected chi connectivity index (χ1v) is 6.35. The molecular formula is C15H17NO. The number of benzene rings is 1. The maximum atomic E-state index is 5.59. The Labute approximate surface area is 102 Å². The van der Waals surface area contributed by atoms with E-state index in [-0.39, 0.29) is 0 Å². The largest absolute Gasteiger partial charge is 0.444 e. The van der Waals surface area contributed by atoms with Crippen molar-refractivity contribution in [2.45, 2.75) is 38.5 Å². The molecule has 0 aliphatic heterocycles. The van der Waals surface area contributed by atoms with Crippen molar-refractivity contribution in [2.24, 2.45) is 0 Å². The van der Waals surface area contributed by atoms with Gasteiger partial charge in [-0.15, -0.1) is 0 Å². The zero-order valence-corrected chi connectivity index (χ0v) is 10.1. The molecule has 17 heavy (non-hydrogen) atoms. The molecule has 0 atom stereocenters. The number of aryl methyl sites for hydroxylation is 1. The summed E-state index contributed by atoms with van der Waals surface area (Å²) in [6.45, 7) is 2.09. The summed E-state index contributed by atoms with van der Waals surface area (Å²) < 4.78 is 5.59. The molecule has 0 bridgehead atoms. The van der Waals surface area contributed by atoms with E-state index in [0.29, 0.717) is 5.92 Å². The zero-order chi connectivity index (χ0) is 11.7. The molecule has 1 aromatic heterocycles. The second kappa shape index (κ2) is 4.36. The molecule has 0 spiro atoms. The monoisotopic (exact) mass is 227 g/mol. The number of aromatic nitrogens is 1. The summed E-state index contributed by atoms with van der Waals surface area (Å²) in [4.78, 5) is 4.63. The minimum atomic E-state index is 0.623. The second-order valence-corrected chi connectivity index (χ2v) is 4.92. The minimum Gasteiger partial charge on any atom is -0.444 e. The Hall–Kier alpha value is -1.57. The summed E-state index contributed by atoms with van der Waals surface area (Å²) in [6, 6.07) is 8.32. The van der Waals surface area contributed by atoms with E-state index in [1.165, 1.54) is 31.2 Å². The van der Waals surface area contributed by atoms with Crippen LogP contribution in [0.3, 0.4) is 0 Å². The molecule has 1 heterocycles. The molecule has 1 aliphatic rings. The molecule has 88 valence electrons. The lowest BCUT2D eigenvalue weighted by Gasteiger charge is -2.01. The number of nitrogens with zero attached hydrogens (tertiary/aromatic N) is 1. The molecule has 0 saturated heterocycles. The summed E-state index contributed by atoms with van der Waals surface area (Å²) in [6.07, 6.45) is 7.03. The molecule has 1 fully saturated rings. The summed E-state index contributed by atoms with van der Waals surface area (Å²) in [5, 5.41) is 0. The number of hydrogen-bond donors (Lipinski definition) is 0. The first kappa shape index (κ1) is 10.6. The highest BCUT2D eigenvalue weighted by molar-refractivity contribution is 5.53. The van der Waals surface area contributed by atoms with Gasteiger partial charge in [-0.2, -0.15) is 0 Å². The van der Waals surface area contributed by atoms with Gasteiger partial charge in [0.15, 0.2) is 0 Å². The van der Waals surface area contributed by atoms with Crippen LogP contribution in [0.15, 0.2) is 34.9 Å². The Balaban J connectivity index is 1.86. The lowest BCUT2D eigenvalue weighted by atomic mass is 10.1. The highest BCUT2D eigenvalue weighted by Crippen LogP contribution is 2.34. The van der Waals surface area contributed by atoms with Crippen LogP contribution in [0.5, 0.6) is 0 Å². The Morgan fingerprint density at radius 2 is 1.82 bits per heavy atom. The van der Waals surface area contributed by atoms with E-state index in [1.54, 1.807) is 0 Å². The van der Waals surface area contributed by atoms with Gasteiger partial charge in [-0.3, -0.25) is 0 Å². The minimum absolute atomic E-state index is 0.623. The Morgan fingerprint density at radius 1 is 1.12 bits per heavy atom. The lowest BCUT2D eigenvalue weighted by molar-refractivity contribution is 0.568. The van der Waals surface area contributed by atoms with Crippen molar-refractivity contribution in [1.82, 2.24) is 4.98 Å². The highest BCUT2D eigenvalue weighted by atomic mass is 16.3. The van der Waals surface area contributed by atoms with Crippen molar-refractivity contribution in [1.29, 1.82) is 0 Å². The van der Waals surface area contributed by atoms with Gasteiger partial charge in [0.05, 0.1) is 5.69 Å². The normalized spacial score (nSPS) is 16.5. The van der Waals surface area contributed by atoms with Gasteiger partial charge >= 0.3 is 0 Å². The van der Waals surface area contributed by atoms with E-state index in [9.17, 15) is 0 Å². The third kappa shape index (κ3) is 2.12. The number of hydrogen-bond acceptors (Lipinski definition) is 2. The number of rotatable bonds is 2. The van der Waals surface area contributed by atoms with Crippen LogP contribution >= 0.6 is 0 Å². The standard InChI is InChI=1S/C15H17NO/c1-11-6-8-13(9-7-11)15-16-14(10-17-15)12-4-2-3-5-12/h6-10,12H,2-5H2,1H3. The number of oxazole rings is 1. The molecule has 1 aliphatic carbocycles. The van der Waals surface area contributed by atoms with Gasteiger partial charge in [-0.05, 0) is 31.9 Å². The molecule has 0 unspecified atom stereocenters. The van der Waals surface area contributed by atoms with E-state index in [4.69, 9.17) is 4.42 Å². The highest BCUT2D eigenvalue weighted by Gasteiger charge is 2.20. The molecule has 3 rings (SSSR count). The molecular weight excluding hydrogens is 210 g/mol. The van der Waals surface area contributed by atoms with Gasteiger partial charge in [-0.1, -0.05) is 30.5 Å². The van der Waals surface area contributed by atoms with Crippen molar-refractivity contribution < 1.29 is 4.42 Å². The SMILES string of the molecule is Cc1ccc(-c2nc(C3CCCC3)co2)cc1. The molecule has 0 amide bonds. The molecule has 1 saturated carbocycles. The summed E-state index contributed by atoms with van der Waals surface area (Å²) in [7, 11) is 0. The summed E-state index contributed by atoms with van der Waals surface area (Å²) in [5.74, 6) is 1.38. The van der Waals surface area contributed by atoms with Crippen molar-refractivity contribution >= 4 is 0 Å². The van der Waals surface area contributed by atoms with E-state index in [1.807, 2.05) is 6.26 Å². The fraction of sp³-hybridized carbons (Fsp3) is 0.400. The third-order valence-corrected chi connectivity index (χ3v) is 3.59. The van der Waals surface area contributed by atoms with Crippen LogP contribution in [0.25, 0.3) is 11.5 Å². The van der Waals surface area contributed by atoms with Crippen LogP contribution in [-0.4, -0.2) is 4.98 Å². The third-order valence-electron chi connectivity index (χ3n) is 3.59. The molecule has 2 nitrogen and oxygen atoms in total. The topological polar surface area (TPSA) is 26.0 Å². The molecule has 2 aromatic rings. The molecule has 2 heteroatoms. The van der Waals surface area contributed by atoms with Gasteiger partial charge < -0.3 is 4.42 Å². The Kier molecular flexibility index (Phi) is 2.71. The molecule has 0 radical (unpaired) electrons. The average Bonchev–Trinajstić information content (AvgIpc) is 3.00. The average molecular weight is 227 g/mol. The predicted molar refractivity (Wildman–Crippen MR) is 67.9 cm³/mol. The fourth-order valence-electron chi connectivity index (χ4n) is 2.52. The van der Waals surface area contributed by atoms with Gasteiger partial charge in [0.25, 0.3) is 0 Å². The molecule has 1 aromatic carbocycles.